The van der Waals surface area contributed by atoms with Crippen LogP contribution in [0, 0.1) is 74.0 Å². The van der Waals surface area contributed by atoms with Gasteiger partial charge in [0.15, 0.2) is 0 Å². The summed E-state index contributed by atoms with van der Waals surface area (Å²) in [6, 6.07) is 7.49. The summed E-state index contributed by atoms with van der Waals surface area (Å²) in [5.41, 5.74) is 8.80. The van der Waals surface area contributed by atoms with Gasteiger partial charge in [-0.2, -0.15) is 15.3 Å². The van der Waals surface area contributed by atoms with Gasteiger partial charge >= 0.3 is 0 Å². The number of aryl methyl sites for hydroxylation is 3. The molecule has 12 aliphatic carbocycles. The molecule has 3 aromatic heterocycles. The Hall–Kier alpha value is -2.37. The van der Waals surface area contributed by atoms with E-state index in [1.807, 2.05) is 0 Å². The molecule has 0 unspecified atom stereocenters. The monoisotopic (exact) mass is 767 g/mol. The van der Waals surface area contributed by atoms with Crippen molar-refractivity contribution in [1.82, 2.24) is 29.3 Å². The van der Waals surface area contributed by atoms with Gasteiger partial charge in [-0.05, 0) is 208 Å². The molecule has 12 saturated carbocycles. The van der Waals surface area contributed by atoms with E-state index in [0.29, 0.717) is 0 Å². The average Bonchev–Trinajstić information content (AvgIpc) is 3.81. The topological polar surface area (TPSA) is 53.5 Å². The third-order valence-corrected chi connectivity index (χ3v) is 17.3. The molecule has 15 rings (SSSR count). The first-order valence-electron chi connectivity index (χ1n) is 22.1. The molecular weight excluding hydrogens is 703 g/mol. The Morgan fingerprint density at radius 1 is 0.463 bits per heavy atom. The van der Waals surface area contributed by atoms with Gasteiger partial charge in [0.2, 0.25) is 6.29 Å². The smallest absolute Gasteiger partial charge is 0.224 e. The van der Waals surface area contributed by atoms with E-state index in [9.17, 15) is 0 Å². The molecular formula is C47H64MnN6. The molecule has 3 aromatic rings. The Morgan fingerprint density at radius 2 is 0.667 bits per heavy atom. The molecule has 0 aromatic carbocycles. The van der Waals surface area contributed by atoms with Crippen LogP contribution >= 0.6 is 0 Å². The molecule has 0 spiro atoms. The average molecular weight is 768 g/mol. The van der Waals surface area contributed by atoms with Crippen LogP contribution in [0.5, 0.6) is 0 Å². The standard InChI is InChI=1S/C43H58N6.C4H6.Mn/c1-25-4-37(41-16-28-7-29(17-41)9-30(8-28)18-41)44-47(25)40(48-26(2)5-38(45-48)42-19-31-10-32(20-42)12-33(11-31)21-42)49-27(3)6-39(46-49)43-22-34-13-35(23-43)15-36(14-34)24-43;1-3-4-2;/h4-6,28-36,40H,7-24H2,1-3H3;3-4H,1-2H2;. The Kier molecular flexibility index (Phi) is 8.55. The van der Waals surface area contributed by atoms with Crippen LogP contribution in [0.4, 0.5) is 0 Å². The minimum Gasteiger partial charge on any atom is -0.224 e. The van der Waals surface area contributed by atoms with Crippen LogP contribution in [0.25, 0.3) is 0 Å². The first-order valence-corrected chi connectivity index (χ1v) is 22.1. The van der Waals surface area contributed by atoms with Crippen LogP contribution in [0.2, 0.25) is 0 Å². The molecule has 0 amide bonds. The van der Waals surface area contributed by atoms with E-state index in [2.05, 4.69) is 66.2 Å². The predicted octanol–water partition coefficient (Wildman–Crippen LogP) is 10.5. The number of hydrogen-bond acceptors (Lipinski definition) is 3. The molecule has 0 aliphatic heterocycles. The van der Waals surface area contributed by atoms with Crippen molar-refractivity contribution in [3.05, 3.63) is 77.7 Å². The van der Waals surface area contributed by atoms with Gasteiger partial charge in [0, 0.05) is 50.4 Å². The van der Waals surface area contributed by atoms with Gasteiger partial charge in [-0.15, -0.1) is 0 Å². The molecule has 1 radical (unpaired) electrons. The van der Waals surface area contributed by atoms with E-state index in [1.165, 1.54) is 150 Å². The van der Waals surface area contributed by atoms with Crippen LogP contribution in [0.15, 0.2) is 43.5 Å². The number of allylic oxidation sites excluding steroid dienone is 2. The molecule has 0 saturated heterocycles. The summed E-state index contributed by atoms with van der Waals surface area (Å²) in [6.45, 7) is 13.7. The van der Waals surface area contributed by atoms with E-state index >= 15 is 0 Å². The van der Waals surface area contributed by atoms with Crippen LogP contribution in [-0.2, 0) is 33.3 Å². The van der Waals surface area contributed by atoms with Gasteiger partial charge in [-0.1, -0.05) is 25.3 Å². The molecule has 7 heteroatoms. The zero-order valence-electron chi connectivity index (χ0n) is 33.4. The number of nitrogens with zero attached hydrogens (tertiary/aromatic N) is 6. The molecule has 12 fully saturated rings. The van der Waals surface area contributed by atoms with Crippen molar-refractivity contribution in [3.8, 4) is 0 Å². The Balaban J connectivity index is 0.000000691. The molecule has 12 bridgehead atoms. The maximum absolute atomic E-state index is 5.73. The largest absolute Gasteiger partial charge is 0.238 e. The minimum absolute atomic E-state index is 0. The fraction of sp³-hybridized carbons (Fsp3) is 0.723. The van der Waals surface area contributed by atoms with Crippen molar-refractivity contribution in [2.75, 3.05) is 0 Å². The normalized spacial score (nSPS) is 42.1. The van der Waals surface area contributed by atoms with Crippen LogP contribution in [0.3, 0.4) is 0 Å². The van der Waals surface area contributed by atoms with Crippen molar-refractivity contribution >= 4 is 0 Å². The molecule has 6 nitrogen and oxygen atoms in total. The molecule has 0 N–H and O–H groups in total. The fourth-order valence-corrected chi connectivity index (χ4v) is 16.5. The van der Waals surface area contributed by atoms with Crippen molar-refractivity contribution in [2.45, 2.75) is 159 Å². The Labute approximate surface area is 334 Å². The van der Waals surface area contributed by atoms with Crippen molar-refractivity contribution < 1.29 is 17.1 Å². The van der Waals surface area contributed by atoms with Gasteiger partial charge in [-0.25, -0.2) is 14.0 Å². The van der Waals surface area contributed by atoms with E-state index in [1.54, 1.807) is 12.2 Å². The quantitative estimate of drug-likeness (QED) is 0.178. The van der Waals surface area contributed by atoms with Gasteiger partial charge in [-0.3, -0.25) is 0 Å². The molecule has 54 heavy (non-hydrogen) atoms. The molecule has 12 aliphatic rings. The Morgan fingerprint density at radius 3 is 0.852 bits per heavy atom. The van der Waals surface area contributed by atoms with Gasteiger partial charge < -0.3 is 0 Å². The van der Waals surface area contributed by atoms with Crippen molar-refractivity contribution in [2.24, 2.45) is 53.3 Å². The summed E-state index contributed by atoms with van der Waals surface area (Å²) < 4.78 is 7.13. The second-order valence-electron chi connectivity index (χ2n) is 21.3. The summed E-state index contributed by atoms with van der Waals surface area (Å²) in [6.07, 6.45) is 28.5. The number of rotatable bonds is 7. The third-order valence-electron chi connectivity index (χ3n) is 17.3. The van der Waals surface area contributed by atoms with Crippen LogP contribution in [-0.4, -0.2) is 29.3 Å². The molecule has 3 heterocycles. The third kappa shape index (κ3) is 5.53. The Bertz CT molecular complexity index is 1620. The maximum atomic E-state index is 5.73. The zero-order chi connectivity index (χ0) is 35.9. The van der Waals surface area contributed by atoms with E-state index in [4.69, 9.17) is 15.3 Å². The van der Waals surface area contributed by atoms with Crippen molar-refractivity contribution in [1.29, 1.82) is 0 Å². The first-order chi connectivity index (χ1) is 25.6. The van der Waals surface area contributed by atoms with Crippen LogP contribution < -0.4 is 0 Å². The molecule has 0 atom stereocenters. The SMILES string of the molecule is C=CC=C.Cc1cc(C23CC4CC(CC(C4)C2)C3)nn1C(n1nc(C23CC4CC(CC(C4)C2)C3)cc1C)n1nc(C23CC4CC(CC(C4)C2)C3)cc1C.[Mn]. The maximum Gasteiger partial charge on any atom is 0.238 e. The van der Waals surface area contributed by atoms with Gasteiger partial charge in [0.25, 0.3) is 0 Å². The summed E-state index contributed by atoms with van der Waals surface area (Å²) >= 11 is 0. The minimum atomic E-state index is -0.201. The van der Waals surface area contributed by atoms with E-state index in [-0.39, 0.29) is 39.6 Å². The van der Waals surface area contributed by atoms with E-state index < -0.39 is 0 Å². The van der Waals surface area contributed by atoms with Gasteiger partial charge in [0.1, 0.15) is 0 Å². The number of aromatic nitrogens is 6. The van der Waals surface area contributed by atoms with Gasteiger partial charge in [0.05, 0.1) is 17.1 Å². The summed E-state index contributed by atoms with van der Waals surface area (Å²) in [5.74, 6) is 8.25. The summed E-state index contributed by atoms with van der Waals surface area (Å²) in [7, 11) is 0. The fourth-order valence-electron chi connectivity index (χ4n) is 16.5. The van der Waals surface area contributed by atoms with Crippen LogP contribution in [0.1, 0.15) is 156 Å². The van der Waals surface area contributed by atoms with Crippen molar-refractivity contribution in [3.63, 3.8) is 0 Å². The summed E-state index contributed by atoms with van der Waals surface area (Å²) in [5, 5.41) is 17.2. The number of hydrogen-bond donors (Lipinski definition) is 0. The molecule has 289 valence electrons. The zero-order valence-corrected chi connectivity index (χ0v) is 34.5. The predicted molar refractivity (Wildman–Crippen MR) is 211 cm³/mol. The second-order valence-corrected chi connectivity index (χ2v) is 21.3. The van der Waals surface area contributed by atoms with E-state index in [0.717, 1.165) is 53.3 Å². The second kappa shape index (κ2) is 12.8. The first kappa shape index (κ1) is 36.0. The summed E-state index contributed by atoms with van der Waals surface area (Å²) in [4.78, 5) is 0.